The number of carbonyl (C=O) groups is 2. The Labute approximate surface area is 150 Å². The largest absolute Gasteiger partial charge is 0.466 e. The molecule has 1 aliphatic heterocycles. The average molecular weight is 347 g/mol. The second kappa shape index (κ2) is 9.56. The highest BCUT2D eigenvalue weighted by atomic mass is 16.5. The van der Waals surface area contributed by atoms with E-state index in [1.54, 1.807) is 13.8 Å². The smallest absolute Gasteiger partial charge is 0.306 e. The molecule has 2 rings (SSSR count). The molecular formula is C20H29NO4. The van der Waals surface area contributed by atoms with Crippen LogP contribution in [0.5, 0.6) is 0 Å². The van der Waals surface area contributed by atoms with Gasteiger partial charge in [0.15, 0.2) is 0 Å². The summed E-state index contributed by atoms with van der Waals surface area (Å²) in [5, 5.41) is 0. The molecule has 0 saturated carbocycles. The van der Waals surface area contributed by atoms with Crippen molar-refractivity contribution < 1.29 is 19.1 Å². The summed E-state index contributed by atoms with van der Waals surface area (Å²) < 4.78 is 10.3. The molecule has 0 aromatic heterocycles. The summed E-state index contributed by atoms with van der Waals surface area (Å²) in [4.78, 5) is 26.5. The molecule has 0 unspecified atom stereocenters. The highest BCUT2D eigenvalue weighted by molar-refractivity contribution is 5.74. The van der Waals surface area contributed by atoms with Gasteiger partial charge in [0, 0.05) is 6.54 Å². The number of hydrogen-bond acceptors (Lipinski definition) is 5. The lowest BCUT2D eigenvalue weighted by Crippen LogP contribution is -2.42. The highest BCUT2D eigenvalue weighted by Gasteiger charge is 2.39. The molecule has 1 saturated heterocycles. The summed E-state index contributed by atoms with van der Waals surface area (Å²) in [6.07, 6.45) is 2.19. The van der Waals surface area contributed by atoms with E-state index in [0.717, 1.165) is 32.5 Å². The number of carbonyl (C=O) groups excluding carboxylic acids is 2. The Bertz CT molecular complexity index is 528. The minimum absolute atomic E-state index is 0.219. The van der Waals surface area contributed by atoms with Gasteiger partial charge in [-0.3, -0.25) is 14.5 Å². The van der Waals surface area contributed by atoms with Crippen LogP contribution in [-0.2, 0) is 25.6 Å². The normalized spacial score (nSPS) is 17.0. The first-order valence-corrected chi connectivity index (χ1v) is 9.14. The molecule has 0 amide bonds. The Morgan fingerprint density at radius 3 is 1.96 bits per heavy atom. The summed E-state index contributed by atoms with van der Waals surface area (Å²) in [7, 11) is 0. The SMILES string of the molecule is CCOC(=O)CC1(CC(=O)OCC)CCN(Cc2ccccc2)CC1. The fourth-order valence-electron chi connectivity index (χ4n) is 3.48. The van der Waals surface area contributed by atoms with E-state index in [4.69, 9.17) is 9.47 Å². The van der Waals surface area contributed by atoms with Crippen LogP contribution in [0.3, 0.4) is 0 Å². The minimum atomic E-state index is -0.342. The van der Waals surface area contributed by atoms with Gasteiger partial charge in [0.05, 0.1) is 26.1 Å². The maximum Gasteiger partial charge on any atom is 0.306 e. The van der Waals surface area contributed by atoms with Gasteiger partial charge in [0.25, 0.3) is 0 Å². The Morgan fingerprint density at radius 1 is 0.960 bits per heavy atom. The molecule has 1 aromatic carbocycles. The maximum atomic E-state index is 12.0. The third-order valence-corrected chi connectivity index (χ3v) is 4.82. The minimum Gasteiger partial charge on any atom is -0.466 e. The van der Waals surface area contributed by atoms with E-state index in [1.165, 1.54) is 5.56 Å². The second-order valence-corrected chi connectivity index (χ2v) is 6.73. The van der Waals surface area contributed by atoms with Crippen molar-refractivity contribution in [2.24, 2.45) is 5.41 Å². The molecular weight excluding hydrogens is 318 g/mol. The van der Waals surface area contributed by atoms with E-state index < -0.39 is 0 Å². The van der Waals surface area contributed by atoms with Crippen LogP contribution in [0.2, 0.25) is 0 Å². The van der Waals surface area contributed by atoms with Crippen molar-refractivity contribution in [3.05, 3.63) is 35.9 Å². The Kier molecular flexibility index (Phi) is 7.44. The van der Waals surface area contributed by atoms with Crippen LogP contribution in [0.4, 0.5) is 0 Å². The number of nitrogens with zero attached hydrogens (tertiary/aromatic N) is 1. The molecule has 1 aromatic rings. The van der Waals surface area contributed by atoms with Gasteiger partial charge in [-0.15, -0.1) is 0 Å². The highest BCUT2D eigenvalue weighted by Crippen LogP contribution is 2.39. The van der Waals surface area contributed by atoms with Gasteiger partial charge in [0.2, 0.25) is 0 Å². The maximum absolute atomic E-state index is 12.0. The molecule has 0 N–H and O–H groups in total. The standard InChI is InChI=1S/C20H29NO4/c1-3-24-18(22)14-20(15-19(23)25-4-2)10-12-21(13-11-20)16-17-8-6-5-7-9-17/h5-9H,3-4,10-16H2,1-2H3. The zero-order valence-electron chi connectivity index (χ0n) is 15.3. The quantitative estimate of drug-likeness (QED) is 0.676. The molecule has 0 bridgehead atoms. The number of esters is 2. The predicted molar refractivity (Wildman–Crippen MR) is 95.9 cm³/mol. The molecule has 0 spiro atoms. The Morgan fingerprint density at radius 2 is 1.48 bits per heavy atom. The first kappa shape index (κ1) is 19.4. The van der Waals surface area contributed by atoms with E-state index >= 15 is 0 Å². The van der Waals surface area contributed by atoms with Crippen LogP contribution in [-0.4, -0.2) is 43.1 Å². The van der Waals surface area contributed by atoms with Gasteiger partial charge in [-0.1, -0.05) is 30.3 Å². The van der Waals surface area contributed by atoms with Gasteiger partial charge < -0.3 is 9.47 Å². The van der Waals surface area contributed by atoms with Crippen LogP contribution in [0.1, 0.15) is 45.1 Å². The van der Waals surface area contributed by atoms with Crippen molar-refractivity contribution >= 4 is 11.9 Å². The van der Waals surface area contributed by atoms with Gasteiger partial charge in [0.1, 0.15) is 0 Å². The van der Waals surface area contributed by atoms with Crippen molar-refractivity contribution in [1.82, 2.24) is 4.90 Å². The molecule has 0 atom stereocenters. The molecule has 25 heavy (non-hydrogen) atoms. The lowest BCUT2D eigenvalue weighted by atomic mass is 9.73. The third-order valence-electron chi connectivity index (χ3n) is 4.82. The first-order chi connectivity index (χ1) is 12.1. The van der Waals surface area contributed by atoms with E-state index in [0.29, 0.717) is 26.1 Å². The van der Waals surface area contributed by atoms with E-state index in [9.17, 15) is 9.59 Å². The lowest BCUT2D eigenvalue weighted by molar-refractivity contribution is -0.151. The summed E-state index contributed by atoms with van der Waals surface area (Å²) in [6.45, 7) is 6.98. The van der Waals surface area contributed by atoms with Gasteiger partial charge >= 0.3 is 11.9 Å². The number of benzene rings is 1. The van der Waals surface area contributed by atoms with Crippen molar-refractivity contribution in [2.45, 2.75) is 46.1 Å². The molecule has 1 aliphatic rings. The molecule has 0 aliphatic carbocycles. The zero-order chi connectivity index (χ0) is 18.1. The van der Waals surface area contributed by atoms with Crippen LogP contribution in [0.15, 0.2) is 30.3 Å². The van der Waals surface area contributed by atoms with E-state index in [-0.39, 0.29) is 17.4 Å². The molecule has 1 fully saturated rings. The number of ether oxygens (including phenoxy) is 2. The molecule has 138 valence electrons. The van der Waals surface area contributed by atoms with Crippen molar-refractivity contribution in [3.8, 4) is 0 Å². The van der Waals surface area contributed by atoms with Gasteiger partial charge in [-0.05, 0) is 50.8 Å². The topological polar surface area (TPSA) is 55.8 Å². The number of rotatable bonds is 8. The predicted octanol–water partition coefficient (Wildman–Crippen LogP) is 3.18. The van der Waals surface area contributed by atoms with Gasteiger partial charge in [-0.2, -0.15) is 0 Å². The van der Waals surface area contributed by atoms with Crippen molar-refractivity contribution in [3.63, 3.8) is 0 Å². The summed E-state index contributed by atoms with van der Waals surface area (Å²) in [6, 6.07) is 10.4. The lowest BCUT2D eigenvalue weighted by Gasteiger charge is -2.40. The molecule has 5 heteroatoms. The van der Waals surface area contributed by atoms with Crippen LogP contribution < -0.4 is 0 Å². The van der Waals surface area contributed by atoms with Crippen LogP contribution >= 0.6 is 0 Å². The molecule has 1 heterocycles. The van der Waals surface area contributed by atoms with E-state index in [2.05, 4.69) is 17.0 Å². The Hall–Kier alpha value is -1.88. The van der Waals surface area contributed by atoms with Crippen molar-refractivity contribution in [2.75, 3.05) is 26.3 Å². The summed E-state index contributed by atoms with van der Waals surface area (Å²) in [5.74, 6) is -0.438. The van der Waals surface area contributed by atoms with Crippen molar-refractivity contribution in [1.29, 1.82) is 0 Å². The number of likely N-dealkylation sites (tertiary alicyclic amines) is 1. The summed E-state index contributed by atoms with van der Waals surface area (Å²) in [5.41, 5.74) is 0.942. The number of piperidine rings is 1. The van der Waals surface area contributed by atoms with Crippen LogP contribution in [0, 0.1) is 5.41 Å². The fourth-order valence-corrected chi connectivity index (χ4v) is 3.48. The monoisotopic (exact) mass is 347 g/mol. The molecule has 0 radical (unpaired) electrons. The fraction of sp³-hybridized carbons (Fsp3) is 0.600. The second-order valence-electron chi connectivity index (χ2n) is 6.73. The van der Waals surface area contributed by atoms with Crippen LogP contribution in [0.25, 0.3) is 0 Å². The third kappa shape index (κ3) is 6.16. The van der Waals surface area contributed by atoms with E-state index in [1.807, 2.05) is 18.2 Å². The number of hydrogen-bond donors (Lipinski definition) is 0. The zero-order valence-corrected chi connectivity index (χ0v) is 15.3. The van der Waals surface area contributed by atoms with Gasteiger partial charge in [-0.25, -0.2) is 0 Å². The Balaban J connectivity index is 1.97. The first-order valence-electron chi connectivity index (χ1n) is 9.14. The average Bonchev–Trinajstić information content (AvgIpc) is 2.58. The summed E-state index contributed by atoms with van der Waals surface area (Å²) >= 11 is 0. The molecule has 5 nitrogen and oxygen atoms in total.